The van der Waals surface area contributed by atoms with Gasteiger partial charge in [-0.25, -0.2) is 0 Å². The number of carbonyl (C=O) groups is 1. The van der Waals surface area contributed by atoms with Gasteiger partial charge >= 0.3 is 0 Å². The zero-order valence-electron chi connectivity index (χ0n) is 15.5. The Morgan fingerprint density at radius 2 is 1.75 bits per heavy atom. The molecule has 0 fully saturated rings. The molecule has 4 rings (SSSR count). The Bertz CT molecular complexity index is 1000. The molecule has 142 valence electrons. The summed E-state index contributed by atoms with van der Waals surface area (Å²) in [6, 6.07) is 14.4. The van der Waals surface area contributed by atoms with Crippen LogP contribution in [-0.2, 0) is 0 Å². The Balaban J connectivity index is 1.42. The first-order chi connectivity index (χ1) is 13.6. The van der Waals surface area contributed by atoms with Crippen LogP contribution in [0.3, 0.4) is 0 Å². The van der Waals surface area contributed by atoms with Gasteiger partial charge in [-0.15, -0.1) is 5.10 Å². The van der Waals surface area contributed by atoms with E-state index in [0.717, 1.165) is 11.4 Å². The molecule has 8 heteroatoms. The molecule has 0 atom stereocenters. The lowest BCUT2D eigenvalue weighted by atomic mass is 10.2. The SMILES string of the molecule is CN(C)c1cnnc(Nc2ccc(NC(=O)c3ccc4c(c3)OCO4)cc2)c1. The van der Waals surface area contributed by atoms with E-state index < -0.39 is 0 Å². The topological polar surface area (TPSA) is 88.6 Å². The molecule has 2 aromatic carbocycles. The summed E-state index contributed by atoms with van der Waals surface area (Å²) in [5.41, 5.74) is 2.97. The van der Waals surface area contributed by atoms with Crippen LogP contribution in [0, 0.1) is 0 Å². The molecule has 0 aliphatic carbocycles. The van der Waals surface area contributed by atoms with Gasteiger partial charge in [0.15, 0.2) is 17.3 Å². The first-order valence-corrected chi connectivity index (χ1v) is 8.66. The highest BCUT2D eigenvalue weighted by molar-refractivity contribution is 6.04. The molecular weight excluding hydrogens is 358 g/mol. The highest BCUT2D eigenvalue weighted by atomic mass is 16.7. The van der Waals surface area contributed by atoms with Gasteiger partial charge < -0.3 is 25.0 Å². The monoisotopic (exact) mass is 377 g/mol. The van der Waals surface area contributed by atoms with Crippen molar-refractivity contribution in [3.63, 3.8) is 0 Å². The van der Waals surface area contributed by atoms with Gasteiger partial charge in [0.1, 0.15) is 0 Å². The van der Waals surface area contributed by atoms with E-state index in [1.807, 2.05) is 49.3 Å². The third-order valence-corrected chi connectivity index (χ3v) is 4.21. The molecule has 3 aromatic rings. The fraction of sp³-hybridized carbons (Fsp3) is 0.150. The molecule has 1 aliphatic heterocycles. The maximum atomic E-state index is 12.4. The van der Waals surface area contributed by atoms with Crippen LogP contribution in [0.25, 0.3) is 0 Å². The number of rotatable bonds is 5. The fourth-order valence-electron chi connectivity index (χ4n) is 2.69. The Morgan fingerprint density at radius 3 is 2.54 bits per heavy atom. The summed E-state index contributed by atoms with van der Waals surface area (Å²) in [6.07, 6.45) is 1.69. The normalized spacial score (nSPS) is 11.8. The number of amides is 1. The summed E-state index contributed by atoms with van der Waals surface area (Å²) < 4.78 is 10.6. The Labute approximate surface area is 162 Å². The number of nitrogens with zero attached hydrogens (tertiary/aromatic N) is 3. The first kappa shape index (κ1) is 17.6. The molecule has 1 amide bonds. The lowest BCUT2D eigenvalue weighted by Crippen LogP contribution is -2.11. The molecule has 0 unspecified atom stereocenters. The maximum absolute atomic E-state index is 12.4. The molecule has 8 nitrogen and oxygen atoms in total. The molecule has 0 saturated carbocycles. The number of ether oxygens (including phenoxy) is 2. The fourth-order valence-corrected chi connectivity index (χ4v) is 2.69. The van der Waals surface area contributed by atoms with E-state index in [1.165, 1.54) is 0 Å². The van der Waals surface area contributed by atoms with Gasteiger partial charge in [0.05, 0.1) is 11.9 Å². The van der Waals surface area contributed by atoms with Crippen LogP contribution >= 0.6 is 0 Å². The van der Waals surface area contributed by atoms with Gasteiger partial charge in [0, 0.05) is 37.1 Å². The zero-order valence-corrected chi connectivity index (χ0v) is 15.5. The number of hydrogen-bond acceptors (Lipinski definition) is 7. The van der Waals surface area contributed by atoms with E-state index in [1.54, 1.807) is 24.4 Å². The number of nitrogens with one attached hydrogen (secondary N) is 2. The van der Waals surface area contributed by atoms with Gasteiger partial charge in [-0.1, -0.05) is 0 Å². The van der Waals surface area contributed by atoms with Gasteiger partial charge in [-0.2, -0.15) is 5.10 Å². The highest BCUT2D eigenvalue weighted by Gasteiger charge is 2.16. The van der Waals surface area contributed by atoms with Crippen LogP contribution in [0.2, 0.25) is 0 Å². The van der Waals surface area contributed by atoms with Crippen molar-refractivity contribution >= 4 is 28.8 Å². The number of fused-ring (bicyclic) bond motifs is 1. The van der Waals surface area contributed by atoms with Crippen molar-refractivity contribution < 1.29 is 14.3 Å². The molecule has 0 spiro atoms. The van der Waals surface area contributed by atoms with Gasteiger partial charge in [-0.05, 0) is 42.5 Å². The van der Waals surface area contributed by atoms with E-state index in [9.17, 15) is 4.79 Å². The van der Waals surface area contributed by atoms with Crippen LogP contribution in [-0.4, -0.2) is 37.0 Å². The molecular formula is C20H19N5O3. The van der Waals surface area contributed by atoms with E-state index in [4.69, 9.17) is 9.47 Å². The molecule has 2 N–H and O–H groups in total. The summed E-state index contributed by atoms with van der Waals surface area (Å²) in [7, 11) is 3.89. The van der Waals surface area contributed by atoms with Crippen LogP contribution in [0.15, 0.2) is 54.7 Å². The quantitative estimate of drug-likeness (QED) is 0.705. The second-order valence-corrected chi connectivity index (χ2v) is 6.42. The average molecular weight is 377 g/mol. The summed E-state index contributed by atoms with van der Waals surface area (Å²) in [4.78, 5) is 14.4. The Hall–Kier alpha value is -3.81. The molecule has 0 saturated heterocycles. The standard InChI is InChI=1S/C20H19N5O3/c1-25(2)16-10-19(24-21-11-16)22-14-4-6-15(7-5-14)23-20(26)13-3-8-17-18(9-13)28-12-27-17/h3-11H,12H2,1-2H3,(H,22,24)(H,23,26). The molecule has 1 aliphatic rings. The van der Waals surface area contributed by atoms with Gasteiger partial charge in [0.25, 0.3) is 5.91 Å². The minimum Gasteiger partial charge on any atom is -0.454 e. The van der Waals surface area contributed by atoms with E-state index >= 15 is 0 Å². The molecule has 2 heterocycles. The summed E-state index contributed by atoms with van der Waals surface area (Å²) in [6.45, 7) is 0.177. The van der Waals surface area contributed by atoms with Crippen molar-refractivity contribution in [1.82, 2.24) is 10.2 Å². The van der Waals surface area contributed by atoms with Gasteiger partial charge in [0.2, 0.25) is 6.79 Å². The van der Waals surface area contributed by atoms with Crippen LogP contribution in [0.1, 0.15) is 10.4 Å². The van der Waals surface area contributed by atoms with Gasteiger partial charge in [-0.3, -0.25) is 4.79 Å². The molecule has 0 radical (unpaired) electrons. The predicted octanol–water partition coefficient (Wildman–Crippen LogP) is 3.27. The number of benzene rings is 2. The van der Waals surface area contributed by atoms with E-state index in [0.29, 0.717) is 28.6 Å². The maximum Gasteiger partial charge on any atom is 0.255 e. The minimum absolute atomic E-state index is 0.177. The largest absolute Gasteiger partial charge is 0.454 e. The lowest BCUT2D eigenvalue weighted by molar-refractivity contribution is 0.102. The smallest absolute Gasteiger partial charge is 0.255 e. The van der Waals surface area contributed by atoms with Crippen LogP contribution in [0.5, 0.6) is 11.5 Å². The number of hydrogen-bond donors (Lipinski definition) is 2. The van der Waals surface area contributed by atoms with Crippen molar-refractivity contribution in [3.8, 4) is 11.5 Å². The third kappa shape index (κ3) is 3.80. The van der Waals surface area contributed by atoms with Crippen LogP contribution in [0.4, 0.5) is 22.9 Å². The first-order valence-electron chi connectivity index (χ1n) is 8.66. The number of aromatic nitrogens is 2. The molecule has 0 bridgehead atoms. The number of carbonyl (C=O) groups excluding carboxylic acids is 1. The lowest BCUT2D eigenvalue weighted by Gasteiger charge is -2.13. The molecule has 1 aromatic heterocycles. The van der Waals surface area contributed by atoms with Crippen molar-refractivity contribution in [1.29, 1.82) is 0 Å². The van der Waals surface area contributed by atoms with E-state index in [2.05, 4.69) is 20.8 Å². The van der Waals surface area contributed by atoms with Crippen molar-refractivity contribution in [2.75, 3.05) is 36.4 Å². The number of anilines is 4. The second kappa shape index (κ2) is 7.43. The average Bonchev–Trinajstić information content (AvgIpc) is 3.17. The summed E-state index contributed by atoms with van der Waals surface area (Å²) >= 11 is 0. The highest BCUT2D eigenvalue weighted by Crippen LogP contribution is 2.32. The Morgan fingerprint density at radius 1 is 1.00 bits per heavy atom. The van der Waals surface area contributed by atoms with Crippen molar-refractivity contribution in [3.05, 3.63) is 60.3 Å². The predicted molar refractivity (Wildman–Crippen MR) is 107 cm³/mol. The summed E-state index contributed by atoms with van der Waals surface area (Å²) in [5, 5.41) is 14.1. The van der Waals surface area contributed by atoms with Crippen molar-refractivity contribution in [2.24, 2.45) is 0 Å². The minimum atomic E-state index is -0.219. The second-order valence-electron chi connectivity index (χ2n) is 6.42. The zero-order chi connectivity index (χ0) is 19.5. The van der Waals surface area contributed by atoms with Crippen molar-refractivity contribution in [2.45, 2.75) is 0 Å². The van der Waals surface area contributed by atoms with E-state index in [-0.39, 0.29) is 12.7 Å². The Kier molecular flexibility index (Phi) is 4.67. The third-order valence-electron chi connectivity index (χ3n) is 4.21. The van der Waals surface area contributed by atoms with Crippen LogP contribution < -0.4 is 25.0 Å². The summed E-state index contributed by atoms with van der Waals surface area (Å²) in [5.74, 6) is 1.65. The molecule has 28 heavy (non-hydrogen) atoms.